The van der Waals surface area contributed by atoms with Gasteiger partial charge in [0, 0.05) is 17.9 Å². The fraction of sp³-hybridized carbons (Fsp3) is 0.429. The number of hydrogen-bond acceptors (Lipinski definition) is 3. The summed E-state index contributed by atoms with van der Waals surface area (Å²) < 4.78 is 1.92. The molecule has 0 amide bonds. The van der Waals surface area contributed by atoms with E-state index >= 15 is 0 Å². The summed E-state index contributed by atoms with van der Waals surface area (Å²) in [5.74, 6) is 1.84. The van der Waals surface area contributed by atoms with E-state index in [2.05, 4.69) is 23.9 Å². The molecule has 0 aliphatic heterocycles. The van der Waals surface area contributed by atoms with E-state index in [9.17, 15) is 0 Å². The number of halogens is 1. The molecule has 1 heterocycles. The molecule has 102 valence electrons. The smallest absolute Gasteiger partial charge is 0.151 e. The van der Waals surface area contributed by atoms with Crippen molar-refractivity contribution in [3.63, 3.8) is 0 Å². The van der Waals surface area contributed by atoms with Gasteiger partial charge in [0.15, 0.2) is 5.82 Å². The van der Waals surface area contributed by atoms with Crippen LogP contribution >= 0.6 is 11.6 Å². The number of hydrogen-bond donors (Lipinski definition) is 1. The van der Waals surface area contributed by atoms with Gasteiger partial charge in [-0.1, -0.05) is 25.4 Å². The number of nitrogens with two attached hydrogens (primary N) is 1. The quantitative estimate of drug-likeness (QED) is 0.914. The van der Waals surface area contributed by atoms with E-state index in [4.69, 9.17) is 17.3 Å². The normalized spacial score (nSPS) is 10.9. The first-order chi connectivity index (χ1) is 9.19. The van der Waals surface area contributed by atoms with Crippen molar-refractivity contribution in [3.05, 3.63) is 40.4 Å². The minimum Gasteiger partial charge on any atom is -0.330 e. The van der Waals surface area contributed by atoms with E-state index in [1.54, 1.807) is 0 Å². The zero-order chi connectivity index (χ0) is 13.8. The van der Waals surface area contributed by atoms with Crippen molar-refractivity contribution in [3.8, 4) is 5.69 Å². The van der Waals surface area contributed by atoms with Crippen molar-refractivity contribution in [2.45, 2.75) is 33.1 Å². The minimum absolute atomic E-state index is 0.587. The highest BCUT2D eigenvalue weighted by Crippen LogP contribution is 2.21. The third-order valence-corrected chi connectivity index (χ3v) is 3.27. The summed E-state index contributed by atoms with van der Waals surface area (Å²) in [7, 11) is 0. The molecule has 0 unspecified atom stereocenters. The van der Waals surface area contributed by atoms with Gasteiger partial charge in [-0.15, -0.1) is 0 Å². The number of nitrogens with zero attached hydrogens (tertiary/aromatic N) is 3. The molecule has 2 N–H and O–H groups in total. The fourth-order valence-electron chi connectivity index (χ4n) is 2.08. The molecule has 2 aromatic rings. The van der Waals surface area contributed by atoms with Gasteiger partial charge in [-0.25, -0.2) is 9.67 Å². The van der Waals surface area contributed by atoms with E-state index in [0.717, 1.165) is 47.2 Å². The lowest BCUT2D eigenvalue weighted by Crippen LogP contribution is -2.09. The Kier molecular flexibility index (Phi) is 4.56. The van der Waals surface area contributed by atoms with Gasteiger partial charge in [0.2, 0.25) is 0 Å². The first-order valence-corrected chi connectivity index (χ1v) is 7.01. The maximum Gasteiger partial charge on any atom is 0.151 e. The average Bonchev–Trinajstić information content (AvgIpc) is 2.82. The molecule has 1 aromatic heterocycles. The molecule has 2 rings (SSSR count). The predicted molar refractivity (Wildman–Crippen MR) is 77.9 cm³/mol. The molecular weight excluding hydrogens is 260 g/mol. The molecule has 0 saturated heterocycles. The summed E-state index contributed by atoms with van der Waals surface area (Å²) >= 11 is 6.06. The van der Waals surface area contributed by atoms with Crippen molar-refractivity contribution >= 4 is 11.6 Å². The highest BCUT2D eigenvalue weighted by Gasteiger charge is 2.12. The third-order valence-electron chi connectivity index (χ3n) is 3.03. The number of aromatic nitrogens is 3. The maximum atomic E-state index is 6.06. The molecule has 0 radical (unpaired) electrons. The van der Waals surface area contributed by atoms with Crippen LogP contribution in [0.2, 0.25) is 5.02 Å². The summed E-state index contributed by atoms with van der Waals surface area (Å²) in [5, 5.41) is 5.29. The predicted octanol–water partition coefficient (Wildman–Crippen LogP) is 2.55. The largest absolute Gasteiger partial charge is 0.330 e. The summed E-state index contributed by atoms with van der Waals surface area (Å²) in [6, 6.07) is 5.82. The van der Waals surface area contributed by atoms with Gasteiger partial charge >= 0.3 is 0 Å². The molecule has 0 bridgehead atoms. The van der Waals surface area contributed by atoms with Crippen LogP contribution in [0.4, 0.5) is 0 Å². The van der Waals surface area contributed by atoms with Gasteiger partial charge in [-0.2, -0.15) is 5.10 Å². The molecule has 4 nitrogen and oxygen atoms in total. The Morgan fingerprint density at radius 2 is 2.05 bits per heavy atom. The van der Waals surface area contributed by atoms with Gasteiger partial charge in [-0.05, 0) is 36.7 Å². The molecule has 0 fully saturated rings. The van der Waals surface area contributed by atoms with Crippen molar-refractivity contribution in [1.29, 1.82) is 0 Å². The first-order valence-electron chi connectivity index (χ1n) is 6.63. The molecule has 1 aromatic carbocycles. The van der Waals surface area contributed by atoms with Crippen molar-refractivity contribution < 1.29 is 0 Å². The second kappa shape index (κ2) is 6.17. The van der Waals surface area contributed by atoms with E-state index in [-0.39, 0.29) is 0 Å². The summed E-state index contributed by atoms with van der Waals surface area (Å²) in [6.45, 7) is 4.73. The Bertz CT molecular complexity index is 563. The Hall–Kier alpha value is -1.39. The van der Waals surface area contributed by atoms with Crippen LogP contribution in [0.1, 0.15) is 31.1 Å². The Morgan fingerprint density at radius 3 is 2.68 bits per heavy atom. The topological polar surface area (TPSA) is 56.7 Å². The van der Waals surface area contributed by atoms with Crippen LogP contribution in [0.15, 0.2) is 18.2 Å². The molecule has 0 atom stereocenters. The van der Waals surface area contributed by atoms with Crippen LogP contribution < -0.4 is 5.73 Å². The van der Waals surface area contributed by atoms with Gasteiger partial charge in [0.1, 0.15) is 5.82 Å². The Labute approximate surface area is 118 Å². The lowest BCUT2D eigenvalue weighted by molar-refractivity contribution is 0.777. The van der Waals surface area contributed by atoms with Crippen molar-refractivity contribution in [2.24, 2.45) is 5.73 Å². The van der Waals surface area contributed by atoms with E-state index in [0.29, 0.717) is 6.54 Å². The highest BCUT2D eigenvalue weighted by molar-refractivity contribution is 6.30. The Morgan fingerprint density at radius 1 is 1.26 bits per heavy atom. The first kappa shape index (κ1) is 14.0. The summed E-state index contributed by atoms with van der Waals surface area (Å²) in [5.41, 5.74) is 7.81. The molecule has 0 spiro atoms. The number of aryl methyl sites for hydroxylation is 2. The second-order valence-corrected chi connectivity index (χ2v) is 4.81. The molecule has 5 heteroatoms. The van der Waals surface area contributed by atoms with Crippen LogP contribution in [0.3, 0.4) is 0 Å². The molecule has 0 saturated carbocycles. The van der Waals surface area contributed by atoms with Crippen LogP contribution in [0.25, 0.3) is 5.69 Å². The SMILES string of the molecule is CCc1nc(CC)n(-c2ccc(Cl)cc2CCN)n1. The van der Waals surface area contributed by atoms with Crippen LogP contribution in [0, 0.1) is 0 Å². The summed E-state index contributed by atoms with van der Waals surface area (Å²) in [4.78, 5) is 4.53. The monoisotopic (exact) mass is 278 g/mol. The van der Waals surface area contributed by atoms with Crippen LogP contribution in [-0.2, 0) is 19.3 Å². The van der Waals surface area contributed by atoms with Gasteiger partial charge < -0.3 is 5.73 Å². The van der Waals surface area contributed by atoms with E-state index in [1.165, 1.54) is 0 Å². The summed E-state index contributed by atoms with van der Waals surface area (Å²) in [6.07, 6.45) is 2.46. The Balaban J connectivity index is 2.53. The maximum absolute atomic E-state index is 6.06. The molecule has 0 aliphatic rings. The zero-order valence-electron chi connectivity index (χ0n) is 11.4. The molecular formula is C14H19ClN4. The molecule has 19 heavy (non-hydrogen) atoms. The van der Waals surface area contributed by atoms with Gasteiger partial charge in [0.25, 0.3) is 0 Å². The van der Waals surface area contributed by atoms with Crippen molar-refractivity contribution in [1.82, 2.24) is 14.8 Å². The van der Waals surface area contributed by atoms with Crippen molar-refractivity contribution in [2.75, 3.05) is 6.54 Å². The lowest BCUT2D eigenvalue weighted by Gasteiger charge is -2.11. The van der Waals surface area contributed by atoms with Gasteiger partial charge in [0.05, 0.1) is 5.69 Å². The highest BCUT2D eigenvalue weighted by atomic mass is 35.5. The number of rotatable bonds is 5. The van der Waals surface area contributed by atoms with E-state index < -0.39 is 0 Å². The zero-order valence-corrected chi connectivity index (χ0v) is 12.1. The number of benzene rings is 1. The standard InChI is InChI=1S/C14H19ClN4/c1-3-13-17-14(4-2)19(18-13)12-6-5-11(15)9-10(12)7-8-16/h5-6,9H,3-4,7-8,16H2,1-2H3. The van der Waals surface area contributed by atoms with Gasteiger partial charge in [-0.3, -0.25) is 0 Å². The minimum atomic E-state index is 0.587. The lowest BCUT2D eigenvalue weighted by atomic mass is 10.1. The van der Waals surface area contributed by atoms with E-state index in [1.807, 2.05) is 22.9 Å². The fourth-order valence-corrected chi connectivity index (χ4v) is 2.27. The second-order valence-electron chi connectivity index (χ2n) is 4.37. The van der Waals surface area contributed by atoms with Crippen LogP contribution in [0.5, 0.6) is 0 Å². The third kappa shape index (κ3) is 2.96. The average molecular weight is 279 g/mol. The van der Waals surface area contributed by atoms with Crippen LogP contribution in [-0.4, -0.2) is 21.3 Å². The molecule has 0 aliphatic carbocycles.